The van der Waals surface area contributed by atoms with Gasteiger partial charge in [-0.15, -0.1) is 0 Å². The molecule has 0 heterocycles. The van der Waals surface area contributed by atoms with Crippen LogP contribution >= 0.6 is 23.2 Å². The Bertz CT molecular complexity index is 2680. The molecule has 2 nitrogen and oxygen atoms in total. The van der Waals surface area contributed by atoms with Crippen LogP contribution in [-0.4, -0.2) is 0 Å². The fourth-order valence-corrected chi connectivity index (χ4v) is 7.83. The highest BCUT2D eigenvalue weighted by Crippen LogP contribution is 2.47. The smallest absolute Gasteiger partial charge is 0.0555 e. The van der Waals surface area contributed by atoms with Gasteiger partial charge in [-0.25, -0.2) is 0 Å². The van der Waals surface area contributed by atoms with Crippen LogP contribution in [0.25, 0.3) is 43.1 Å². The van der Waals surface area contributed by atoms with E-state index in [2.05, 4.69) is 174 Å². The number of fused-ring (bicyclic) bond motifs is 5. The zero-order valence-electron chi connectivity index (χ0n) is 27.0. The molecule has 0 amide bonds. The lowest BCUT2D eigenvalue weighted by Gasteiger charge is -2.29. The van der Waals surface area contributed by atoms with Crippen LogP contribution in [0.4, 0.5) is 34.1 Å². The van der Waals surface area contributed by atoms with Crippen LogP contribution in [0.2, 0.25) is 10.0 Å². The van der Waals surface area contributed by atoms with Crippen molar-refractivity contribution in [2.24, 2.45) is 0 Å². The Morgan fingerprint density at radius 3 is 1.50 bits per heavy atom. The van der Waals surface area contributed by atoms with Crippen molar-refractivity contribution < 1.29 is 0 Å². The Morgan fingerprint density at radius 2 is 0.860 bits per heavy atom. The van der Waals surface area contributed by atoms with Gasteiger partial charge in [-0.3, -0.25) is 0 Å². The molecule has 9 aromatic carbocycles. The van der Waals surface area contributed by atoms with E-state index in [9.17, 15) is 0 Å². The Kier molecular flexibility index (Phi) is 7.62. The molecule has 0 bridgehead atoms. The zero-order chi connectivity index (χ0) is 33.6. The number of benzene rings is 9. The summed E-state index contributed by atoms with van der Waals surface area (Å²) in [6.45, 7) is 0. The summed E-state index contributed by atoms with van der Waals surface area (Å²) >= 11 is 14.4. The standard InChI is InChI=1S/C46H30Cl2N2/c47-34-28-41-40(45(29-34)50(36-19-5-2-6-20-36)44-24-12-16-32-14-8-10-22-39(32)44)26-25-33-27-37(30-42(48)46(33)41)49(35-17-3-1-4-18-35)43-23-11-15-31-13-7-9-21-38(31)43/h1-30H. The number of hydrogen-bond donors (Lipinski definition) is 0. The molecule has 50 heavy (non-hydrogen) atoms. The molecule has 0 fully saturated rings. The predicted molar refractivity (Wildman–Crippen MR) is 216 cm³/mol. The molecule has 4 heteroatoms. The van der Waals surface area contributed by atoms with Crippen LogP contribution in [0.3, 0.4) is 0 Å². The number of rotatable bonds is 6. The average molecular weight is 682 g/mol. The molecule has 0 spiro atoms. The summed E-state index contributed by atoms with van der Waals surface area (Å²) in [4.78, 5) is 4.60. The van der Waals surface area contributed by atoms with E-state index in [1.54, 1.807) is 0 Å². The molecule has 238 valence electrons. The third kappa shape index (κ3) is 5.21. The number of hydrogen-bond acceptors (Lipinski definition) is 2. The van der Waals surface area contributed by atoms with E-state index in [-0.39, 0.29) is 0 Å². The number of nitrogens with zero attached hydrogens (tertiary/aromatic N) is 2. The normalized spacial score (nSPS) is 11.4. The summed E-state index contributed by atoms with van der Waals surface area (Å²) < 4.78 is 0. The molecular weight excluding hydrogens is 651 g/mol. The van der Waals surface area contributed by atoms with Crippen molar-refractivity contribution in [3.8, 4) is 0 Å². The van der Waals surface area contributed by atoms with E-state index in [1.165, 1.54) is 16.2 Å². The largest absolute Gasteiger partial charge is 0.310 e. The number of anilines is 6. The molecule has 9 aromatic rings. The fraction of sp³-hybridized carbons (Fsp3) is 0. The second-order valence-electron chi connectivity index (χ2n) is 12.4. The first-order chi connectivity index (χ1) is 24.6. The van der Waals surface area contributed by atoms with E-state index < -0.39 is 0 Å². The lowest BCUT2D eigenvalue weighted by Crippen LogP contribution is -2.11. The van der Waals surface area contributed by atoms with Gasteiger partial charge in [0.15, 0.2) is 0 Å². The molecular formula is C46H30Cl2N2. The first-order valence-corrected chi connectivity index (χ1v) is 17.4. The number of halogens is 2. The Labute approximate surface area is 301 Å². The monoisotopic (exact) mass is 680 g/mol. The van der Waals surface area contributed by atoms with Crippen LogP contribution in [-0.2, 0) is 0 Å². The maximum atomic E-state index is 7.39. The summed E-state index contributed by atoms with van der Waals surface area (Å²) in [6, 6.07) is 63.6. The lowest BCUT2D eigenvalue weighted by atomic mass is 9.98. The highest BCUT2D eigenvalue weighted by molar-refractivity contribution is 6.39. The van der Waals surface area contributed by atoms with Crippen LogP contribution in [0.5, 0.6) is 0 Å². The van der Waals surface area contributed by atoms with E-state index >= 15 is 0 Å². The molecule has 0 saturated carbocycles. The van der Waals surface area contributed by atoms with Crippen LogP contribution < -0.4 is 9.80 Å². The molecule has 0 aliphatic heterocycles. The summed E-state index contributed by atoms with van der Waals surface area (Å²) in [7, 11) is 0. The van der Waals surface area contributed by atoms with Gasteiger partial charge in [0.25, 0.3) is 0 Å². The molecule has 0 aromatic heterocycles. The van der Waals surface area contributed by atoms with Crippen LogP contribution in [0.15, 0.2) is 182 Å². The first kappa shape index (κ1) is 30.3. The van der Waals surface area contributed by atoms with Gasteiger partial charge in [0.2, 0.25) is 0 Å². The fourth-order valence-electron chi connectivity index (χ4n) is 7.30. The highest BCUT2D eigenvalue weighted by atomic mass is 35.5. The predicted octanol–water partition coefficient (Wildman–Crippen LogP) is 14.5. The summed E-state index contributed by atoms with van der Waals surface area (Å²) in [5.74, 6) is 0. The molecule has 0 atom stereocenters. The van der Waals surface area contributed by atoms with Crippen molar-refractivity contribution in [1.82, 2.24) is 0 Å². The van der Waals surface area contributed by atoms with Crippen molar-refractivity contribution >= 4 is 100 Å². The van der Waals surface area contributed by atoms with E-state index in [1.807, 2.05) is 18.2 Å². The zero-order valence-corrected chi connectivity index (χ0v) is 28.5. The maximum Gasteiger partial charge on any atom is 0.0555 e. The van der Waals surface area contributed by atoms with Gasteiger partial charge >= 0.3 is 0 Å². The molecule has 0 unspecified atom stereocenters. The van der Waals surface area contributed by atoms with Gasteiger partial charge in [-0.1, -0.05) is 145 Å². The van der Waals surface area contributed by atoms with Crippen molar-refractivity contribution in [3.63, 3.8) is 0 Å². The Balaban J connectivity index is 1.28. The first-order valence-electron chi connectivity index (χ1n) is 16.7. The van der Waals surface area contributed by atoms with Crippen molar-refractivity contribution in [2.45, 2.75) is 0 Å². The van der Waals surface area contributed by atoms with Gasteiger partial charge < -0.3 is 9.80 Å². The van der Waals surface area contributed by atoms with Crippen LogP contribution in [0.1, 0.15) is 0 Å². The molecule has 0 N–H and O–H groups in total. The minimum absolute atomic E-state index is 0.642. The second kappa shape index (κ2) is 12.6. The SMILES string of the molecule is Clc1cc(N(c2ccccc2)c2cccc3ccccc23)c2ccc3cc(N(c4ccccc4)c4cccc5ccccc45)cc(Cl)c3c2c1. The van der Waals surface area contributed by atoms with E-state index in [0.717, 1.165) is 61.1 Å². The molecule has 9 rings (SSSR count). The number of para-hydroxylation sites is 2. The summed E-state index contributed by atoms with van der Waals surface area (Å²) in [5, 5.41) is 10.0. The van der Waals surface area contributed by atoms with Gasteiger partial charge in [-0.2, -0.15) is 0 Å². The van der Waals surface area contributed by atoms with Crippen LogP contribution in [0, 0.1) is 0 Å². The maximum absolute atomic E-state index is 7.39. The summed E-state index contributed by atoms with van der Waals surface area (Å²) in [5.41, 5.74) is 6.23. The van der Waals surface area contributed by atoms with Crippen molar-refractivity contribution in [3.05, 3.63) is 192 Å². The Hall–Kier alpha value is -5.80. The van der Waals surface area contributed by atoms with Crippen molar-refractivity contribution in [1.29, 1.82) is 0 Å². The van der Waals surface area contributed by atoms with Gasteiger partial charge in [0.1, 0.15) is 0 Å². The van der Waals surface area contributed by atoms with Gasteiger partial charge in [-0.05, 0) is 82.2 Å². The highest BCUT2D eigenvalue weighted by Gasteiger charge is 2.21. The van der Waals surface area contributed by atoms with E-state index in [4.69, 9.17) is 23.2 Å². The quantitative estimate of drug-likeness (QED) is 0.161. The Morgan fingerprint density at radius 1 is 0.320 bits per heavy atom. The molecule has 0 aliphatic rings. The molecule has 0 radical (unpaired) electrons. The van der Waals surface area contributed by atoms with Gasteiger partial charge in [0, 0.05) is 43.6 Å². The third-order valence-corrected chi connectivity index (χ3v) is 9.99. The van der Waals surface area contributed by atoms with Crippen molar-refractivity contribution in [2.75, 3.05) is 9.80 Å². The third-order valence-electron chi connectivity index (χ3n) is 9.47. The van der Waals surface area contributed by atoms with Gasteiger partial charge in [0.05, 0.1) is 22.1 Å². The minimum Gasteiger partial charge on any atom is -0.310 e. The topological polar surface area (TPSA) is 6.48 Å². The minimum atomic E-state index is 0.642. The average Bonchev–Trinajstić information content (AvgIpc) is 3.16. The second-order valence-corrected chi connectivity index (χ2v) is 13.3. The summed E-state index contributed by atoms with van der Waals surface area (Å²) in [6.07, 6.45) is 0. The van der Waals surface area contributed by atoms with E-state index in [0.29, 0.717) is 10.0 Å². The molecule has 0 saturated heterocycles. The molecule has 0 aliphatic carbocycles. The lowest BCUT2D eigenvalue weighted by molar-refractivity contribution is 1.30.